The second-order valence-electron chi connectivity index (χ2n) is 4.26. The monoisotopic (exact) mass is 259 g/mol. The zero-order chi connectivity index (χ0) is 13.8. The lowest BCUT2D eigenvalue weighted by atomic mass is 10.1. The molecule has 1 aliphatic heterocycles. The summed E-state index contributed by atoms with van der Waals surface area (Å²) in [5.74, 6) is -1.32. The van der Waals surface area contributed by atoms with Gasteiger partial charge < -0.3 is 15.3 Å². The van der Waals surface area contributed by atoms with Crippen molar-refractivity contribution < 1.29 is 14.7 Å². The van der Waals surface area contributed by atoms with Gasteiger partial charge in [0.15, 0.2) is 0 Å². The fourth-order valence-electron chi connectivity index (χ4n) is 2.15. The molecule has 1 unspecified atom stereocenters. The number of carboxylic acids is 1. The Bertz CT molecular complexity index is 550. The number of amides is 1. The summed E-state index contributed by atoms with van der Waals surface area (Å²) in [5, 5.41) is 20.4. The van der Waals surface area contributed by atoms with E-state index in [1.54, 1.807) is 29.2 Å². The number of hydrogen-bond donors (Lipinski definition) is 2. The zero-order valence-electron chi connectivity index (χ0n) is 10.2. The molecule has 2 N–H and O–H groups in total. The molecule has 1 atom stereocenters. The van der Waals surface area contributed by atoms with E-state index in [1.807, 2.05) is 6.07 Å². The molecule has 0 bridgehead atoms. The van der Waals surface area contributed by atoms with E-state index in [-0.39, 0.29) is 12.3 Å². The first-order valence-corrected chi connectivity index (χ1v) is 5.88. The van der Waals surface area contributed by atoms with Crippen LogP contribution in [-0.4, -0.2) is 36.1 Å². The van der Waals surface area contributed by atoms with E-state index in [4.69, 9.17) is 10.4 Å². The fourth-order valence-corrected chi connectivity index (χ4v) is 2.15. The van der Waals surface area contributed by atoms with Gasteiger partial charge in [-0.25, -0.2) is 0 Å². The topological polar surface area (TPSA) is 93.4 Å². The molecule has 2 rings (SSSR count). The van der Waals surface area contributed by atoms with Crippen LogP contribution in [0.25, 0.3) is 0 Å². The lowest BCUT2D eigenvalue weighted by Gasteiger charge is -2.36. The van der Waals surface area contributed by atoms with E-state index in [9.17, 15) is 9.59 Å². The smallest absolute Gasteiger partial charge is 0.305 e. The summed E-state index contributed by atoms with van der Waals surface area (Å²) in [5.41, 5.74) is 1.18. The summed E-state index contributed by atoms with van der Waals surface area (Å²) in [6, 6.07) is 8.11. The molecule has 98 valence electrons. The van der Waals surface area contributed by atoms with E-state index in [0.717, 1.165) is 0 Å². The van der Waals surface area contributed by atoms with E-state index in [0.29, 0.717) is 24.3 Å². The van der Waals surface area contributed by atoms with Gasteiger partial charge in [0.1, 0.15) is 6.04 Å². The quantitative estimate of drug-likeness (QED) is 0.816. The Morgan fingerprint density at radius 3 is 3.05 bits per heavy atom. The van der Waals surface area contributed by atoms with Crippen LogP contribution < -0.4 is 10.2 Å². The summed E-state index contributed by atoms with van der Waals surface area (Å²) in [7, 11) is 0. The summed E-state index contributed by atoms with van der Waals surface area (Å²) in [6.07, 6.45) is -0.261. The van der Waals surface area contributed by atoms with Crippen molar-refractivity contribution in [3.63, 3.8) is 0 Å². The van der Waals surface area contributed by atoms with Gasteiger partial charge >= 0.3 is 5.97 Å². The van der Waals surface area contributed by atoms with Crippen LogP contribution in [0.2, 0.25) is 0 Å². The number of carboxylic acid groups (broad SMARTS) is 1. The number of nitriles is 1. The molecule has 1 heterocycles. The van der Waals surface area contributed by atoms with Gasteiger partial charge in [-0.15, -0.1) is 0 Å². The predicted molar refractivity (Wildman–Crippen MR) is 67.6 cm³/mol. The number of carbonyl (C=O) groups is 2. The molecule has 19 heavy (non-hydrogen) atoms. The third-order valence-corrected chi connectivity index (χ3v) is 3.01. The van der Waals surface area contributed by atoms with Crippen LogP contribution in [0.5, 0.6) is 0 Å². The first-order valence-electron chi connectivity index (χ1n) is 5.88. The SMILES string of the molecule is N#Cc1cccc(N2CCNC(=O)C2CC(=O)O)c1. The highest BCUT2D eigenvalue weighted by Crippen LogP contribution is 2.21. The van der Waals surface area contributed by atoms with Crippen molar-refractivity contribution in [3.05, 3.63) is 29.8 Å². The highest BCUT2D eigenvalue weighted by atomic mass is 16.4. The zero-order valence-corrected chi connectivity index (χ0v) is 10.2. The maximum absolute atomic E-state index is 11.8. The third kappa shape index (κ3) is 2.83. The molecule has 1 saturated heterocycles. The largest absolute Gasteiger partial charge is 0.481 e. The molecule has 1 aliphatic rings. The number of anilines is 1. The molecule has 0 spiro atoms. The number of hydrogen-bond acceptors (Lipinski definition) is 4. The molecule has 0 aromatic heterocycles. The third-order valence-electron chi connectivity index (χ3n) is 3.01. The van der Waals surface area contributed by atoms with Gasteiger partial charge in [-0.1, -0.05) is 6.07 Å². The first kappa shape index (κ1) is 12.9. The number of nitrogens with zero attached hydrogens (tertiary/aromatic N) is 2. The Balaban J connectivity index is 2.31. The summed E-state index contributed by atoms with van der Waals surface area (Å²) >= 11 is 0. The molecule has 1 fully saturated rings. The molecule has 6 nitrogen and oxygen atoms in total. The summed E-state index contributed by atoms with van der Waals surface area (Å²) < 4.78 is 0. The molecular formula is C13H13N3O3. The minimum absolute atomic E-state index is 0.261. The van der Waals surface area contributed by atoms with E-state index in [2.05, 4.69) is 5.32 Å². The first-order chi connectivity index (χ1) is 9.11. The lowest BCUT2D eigenvalue weighted by Crippen LogP contribution is -2.56. The van der Waals surface area contributed by atoms with Gasteiger partial charge in [0.05, 0.1) is 18.1 Å². The van der Waals surface area contributed by atoms with Gasteiger partial charge in [-0.05, 0) is 18.2 Å². The van der Waals surface area contributed by atoms with Crippen LogP contribution in [0.3, 0.4) is 0 Å². The minimum atomic E-state index is -1.02. The van der Waals surface area contributed by atoms with E-state index in [1.165, 1.54) is 0 Å². The molecule has 6 heteroatoms. The van der Waals surface area contributed by atoms with Crippen molar-refractivity contribution in [2.45, 2.75) is 12.5 Å². The van der Waals surface area contributed by atoms with Crippen LogP contribution in [0.1, 0.15) is 12.0 Å². The molecule has 0 radical (unpaired) electrons. The molecule has 1 aromatic rings. The normalized spacial score (nSPS) is 18.6. The average Bonchev–Trinajstić information content (AvgIpc) is 2.40. The van der Waals surface area contributed by atoms with Crippen LogP contribution in [0, 0.1) is 11.3 Å². The van der Waals surface area contributed by atoms with Gasteiger partial charge in [0.2, 0.25) is 5.91 Å². The maximum Gasteiger partial charge on any atom is 0.305 e. The van der Waals surface area contributed by atoms with Crippen LogP contribution in [0.15, 0.2) is 24.3 Å². The van der Waals surface area contributed by atoms with Crippen LogP contribution in [0.4, 0.5) is 5.69 Å². The van der Waals surface area contributed by atoms with Crippen LogP contribution >= 0.6 is 0 Å². The Morgan fingerprint density at radius 2 is 2.37 bits per heavy atom. The number of rotatable bonds is 3. The summed E-state index contributed by atoms with van der Waals surface area (Å²) in [6.45, 7) is 0.990. The van der Waals surface area contributed by atoms with Gasteiger partial charge in [-0.3, -0.25) is 9.59 Å². The Morgan fingerprint density at radius 1 is 1.58 bits per heavy atom. The highest BCUT2D eigenvalue weighted by molar-refractivity contribution is 5.90. The number of aliphatic carboxylic acids is 1. The van der Waals surface area contributed by atoms with Crippen molar-refractivity contribution >= 4 is 17.6 Å². The predicted octanol–water partition coefficient (Wildman–Crippen LogP) is 0.338. The fraction of sp³-hybridized carbons (Fsp3) is 0.308. The molecule has 1 amide bonds. The molecule has 0 aliphatic carbocycles. The van der Waals surface area contributed by atoms with Crippen molar-refractivity contribution in [1.29, 1.82) is 5.26 Å². The van der Waals surface area contributed by atoms with Crippen molar-refractivity contribution in [1.82, 2.24) is 5.32 Å². The van der Waals surface area contributed by atoms with Crippen LogP contribution in [-0.2, 0) is 9.59 Å². The molecular weight excluding hydrogens is 246 g/mol. The number of nitrogens with one attached hydrogen (secondary N) is 1. The Hall–Kier alpha value is -2.55. The second-order valence-corrected chi connectivity index (χ2v) is 4.26. The van der Waals surface area contributed by atoms with Crippen molar-refractivity contribution in [3.8, 4) is 6.07 Å². The second kappa shape index (κ2) is 5.40. The Kier molecular flexibility index (Phi) is 3.66. The molecule has 0 saturated carbocycles. The highest BCUT2D eigenvalue weighted by Gasteiger charge is 2.31. The Labute approximate surface area is 110 Å². The average molecular weight is 259 g/mol. The van der Waals surface area contributed by atoms with Gasteiger partial charge in [0.25, 0.3) is 0 Å². The maximum atomic E-state index is 11.8. The number of piperazine rings is 1. The van der Waals surface area contributed by atoms with E-state index >= 15 is 0 Å². The van der Waals surface area contributed by atoms with Crippen molar-refractivity contribution in [2.24, 2.45) is 0 Å². The summed E-state index contributed by atoms with van der Waals surface area (Å²) in [4.78, 5) is 24.4. The van der Waals surface area contributed by atoms with Crippen molar-refractivity contribution in [2.75, 3.05) is 18.0 Å². The minimum Gasteiger partial charge on any atom is -0.481 e. The van der Waals surface area contributed by atoms with E-state index < -0.39 is 12.0 Å². The number of benzene rings is 1. The number of carbonyl (C=O) groups excluding carboxylic acids is 1. The lowest BCUT2D eigenvalue weighted by molar-refractivity contribution is -0.139. The van der Waals surface area contributed by atoms with Gasteiger partial charge in [0, 0.05) is 18.8 Å². The van der Waals surface area contributed by atoms with Gasteiger partial charge in [-0.2, -0.15) is 5.26 Å². The molecule has 1 aromatic carbocycles. The standard InChI is InChI=1S/C13H13N3O3/c14-8-9-2-1-3-10(6-9)16-5-4-15-13(19)11(16)7-12(17)18/h1-3,6,11H,4-5,7H2,(H,15,19)(H,17,18).